The van der Waals surface area contributed by atoms with E-state index in [-0.39, 0.29) is 5.91 Å². The quantitative estimate of drug-likeness (QED) is 0.560. The third-order valence-corrected chi connectivity index (χ3v) is 5.95. The number of amides is 1. The minimum Gasteiger partial charge on any atom is -0.362 e. The first-order valence-corrected chi connectivity index (χ1v) is 11.0. The van der Waals surface area contributed by atoms with E-state index in [4.69, 9.17) is 12.2 Å². The molecule has 5 nitrogen and oxygen atoms in total. The van der Waals surface area contributed by atoms with Gasteiger partial charge in [-0.3, -0.25) is 4.79 Å². The Kier molecular flexibility index (Phi) is 7.30. The zero-order chi connectivity index (χ0) is 20.1. The van der Waals surface area contributed by atoms with Gasteiger partial charge in [-0.25, -0.2) is 0 Å². The Morgan fingerprint density at radius 1 is 1.25 bits per heavy atom. The van der Waals surface area contributed by atoms with Crippen LogP contribution < -0.4 is 15.5 Å². The number of piperidine rings is 1. The molecule has 28 heavy (non-hydrogen) atoms. The monoisotopic (exact) mass is 402 g/mol. The molecule has 2 atom stereocenters. The van der Waals surface area contributed by atoms with Gasteiger partial charge >= 0.3 is 0 Å². The van der Waals surface area contributed by atoms with Gasteiger partial charge in [0.25, 0.3) is 0 Å². The predicted octanol–water partition coefficient (Wildman–Crippen LogP) is 3.78. The lowest BCUT2D eigenvalue weighted by Crippen LogP contribution is -2.40. The third-order valence-electron chi connectivity index (χ3n) is 5.70. The van der Waals surface area contributed by atoms with Crippen LogP contribution in [0.3, 0.4) is 0 Å². The molecule has 2 aliphatic rings. The highest BCUT2D eigenvalue weighted by Gasteiger charge is 2.23. The average Bonchev–Trinajstić information content (AvgIpc) is 3.04. The summed E-state index contributed by atoms with van der Waals surface area (Å²) in [5, 5.41) is 7.24. The number of anilines is 2. The van der Waals surface area contributed by atoms with E-state index in [1.807, 2.05) is 24.0 Å². The summed E-state index contributed by atoms with van der Waals surface area (Å²) in [4.78, 5) is 16.4. The molecule has 0 radical (unpaired) electrons. The van der Waals surface area contributed by atoms with Gasteiger partial charge in [-0.05, 0) is 80.5 Å². The van der Waals surface area contributed by atoms with Crippen LogP contribution in [0, 0.1) is 18.8 Å². The van der Waals surface area contributed by atoms with E-state index in [9.17, 15) is 4.79 Å². The van der Waals surface area contributed by atoms with Crippen molar-refractivity contribution in [1.29, 1.82) is 0 Å². The van der Waals surface area contributed by atoms with Gasteiger partial charge in [-0.2, -0.15) is 0 Å². The number of likely N-dealkylation sites (tertiary alicyclic amines) is 1. The molecule has 3 rings (SSSR count). The molecule has 0 aromatic heterocycles. The van der Waals surface area contributed by atoms with E-state index < -0.39 is 0 Å². The zero-order valence-electron chi connectivity index (χ0n) is 17.5. The maximum atomic E-state index is 12.0. The summed E-state index contributed by atoms with van der Waals surface area (Å²) >= 11 is 5.45. The number of thiocarbonyl (C=S) groups is 1. The SMILES string of the molecule is Cc1cc(NC(=S)NCCCN2CC(C)CC(C)C2)ccc1N1CCCC1=O. The molecule has 0 aliphatic carbocycles. The number of benzene rings is 1. The second kappa shape index (κ2) is 9.70. The Labute approximate surface area is 174 Å². The van der Waals surface area contributed by atoms with Crippen molar-refractivity contribution in [2.45, 2.75) is 46.5 Å². The molecule has 2 saturated heterocycles. The summed E-state index contributed by atoms with van der Waals surface area (Å²) < 4.78 is 0. The molecule has 2 unspecified atom stereocenters. The van der Waals surface area contributed by atoms with Crippen LogP contribution in [0.1, 0.15) is 45.1 Å². The number of carbonyl (C=O) groups excluding carboxylic acids is 1. The molecule has 0 saturated carbocycles. The Morgan fingerprint density at radius 3 is 2.64 bits per heavy atom. The van der Waals surface area contributed by atoms with E-state index in [1.54, 1.807) is 0 Å². The second-order valence-electron chi connectivity index (χ2n) is 8.59. The summed E-state index contributed by atoms with van der Waals surface area (Å²) in [5.41, 5.74) is 3.07. The van der Waals surface area contributed by atoms with E-state index >= 15 is 0 Å². The van der Waals surface area contributed by atoms with Crippen molar-refractivity contribution < 1.29 is 4.79 Å². The van der Waals surface area contributed by atoms with Crippen molar-refractivity contribution in [1.82, 2.24) is 10.2 Å². The number of nitrogens with one attached hydrogen (secondary N) is 2. The van der Waals surface area contributed by atoms with Crippen molar-refractivity contribution in [3.63, 3.8) is 0 Å². The molecule has 1 aromatic rings. The van der Waals surface area contributed by atoms with Gasteiger partial charge in [0, 0.05) is 44.0 Å². The smallest absolute Gasteiger partial charge is 0.227 e. The standard InChI is InChI=1S/C22H34N4OS/c1-16-12-17(2)15-25(14-16)10-5-9-23-22(28)24-19-7-8-20(18(3)13-19)26-11-4-6-21(26)27/h7-8,13,16-17H,4-6,9-12,14-15H2,1-3H3,(H2,23,24,28). The maximum absolute atomic E-state index is 12.0. The number of carbonyl (C=O) groups is 1. The molecule has 2 aliphatic heterocycles. The topological polar surface area (TPSA) is 47.6 Å². The molecule has 0 bridgehead atoms. The van der Waals surface area contributed by atoms with Crippen LogP contribution in [0.2, 0.25) is 0 Å². The normalized spacial score (nSPS) is 23.1. The fourth-order valence-electron chi connectivity index (χ4n) is 4.59. The van der Waals surface area contributed by atoms with Gasteiger partial charge in [0.05, 0.1) is 0 Å². The van der Waals surface area contributed by atoms with Gasteiger partial charge in [0.2, 0.25) is 5.91 Å². The predicted molar refractivity (Wildman–Crippen MR) is 121 cm³/mol. The summed E-state index contributed by atoms with van der Waals surface area (Å²) in [7, 11) is 0. The van der Waals surface area contributed by atoms with Gasteiger partial charge in [-0.15, -0.1) is 0 Å². The van der Waals surface area contributed by atoms with E-state index in [2.05, 4.69) is 35.4 Å². The maximum Gasteiger partial charge on any atom is 0.227 e. The molecule has 1 amide bonds. The molecule has 2 N–H and O–H groups in total. The van der Waals surface area contributed by atoms with Crippen LogP contribution in [0.25, 0.3) is 0 Å². The summed E-state index contributed by atoms with van der Waals surface area (Å²) in [5.74, 6) is 1.83. The van der Waals surface area contributed by atoms with Crippen LogP contribution in [0.5, 0.6) is 0 Å². The lowest BCUT2D eigenvalue weighted by molar-refractivity contribution is -0.117. The summed E-state index contributed by atoms with van der Waals surface area (Å²) in [6, 6.07) is 6.08. The van der Waals surface area contributed by atoms with Crippen molar-refractivity contribution in [2.24, 2.45) is 11.8 Å². The lowest BCUT2D eigenvalue weighted by Gasteiger charge is -2.35. The van der Waals surface area contributed by atoms with Gasteiger partial charge in [0.15, 0.2) is 5.11 Å². The van der Waals surface area contributed by atoms with Crippen molar-refractivity contribution in [3.8, 4) is 0 Å². The number of hydrogen-bond donors (Lipinski definition) is 2. The Hall–Kier alpha value is -1.66. The summed E-state index contributed by atoms with van der Waals surface area (Å²) in [6.45, 7) is 12.0. The first kappa shape index (κ1) is 21.1. The van der Waals surface area contributed by atoms with Gasteiger partial charge < -0.3 is 20.4 Å². The van der Waals surface area contributed by atoms with Crippen LogP contribution in [0.4, 0.5) is 11.4 Å². The molecule has 2 fully saturated rings. The molecule has 154 valence electrons. The Morgan fingerprint density at radius 2 is 2.00 bits per heavy atom. The van der Waals surface area contributed by atoms with E-state index in [0.717, 1.165) is 61.2 Å². The highest BCUT2D eigenvalue weighted by Crippen LogP contribution is 2.27. The number of nitrogens with zero attached hydrogens (tertiary/aromatic N) is 2. The first-order chi connectivity index (χ1) is 13.4. The molecular formula is C22H34N4OS. The third kappa shape index (κ3) is 5.67. The second-order valence-corrected chi connectivity index (χ2v) is 9.00. The summed E-state index contributed by atoms with van der Waals surface area (Å²) in [6.07, 6.45) is 4.05. The number of aryl methyl sites for hydroxylation is 1. The van der Waals surface area contributed by atoms with Gasteiger partial charge in [-0.1, -0.05) is 13.8 Å². The Balaban J connectivity index is 1.41. The largest absolute Gasteiger partial charge is 0.362 e. The van der Waals surface area contributed by atoms with Gasteiger partial charge in [0.1, 0.15) is 0 Å². The molecular weight excluding hydrogens is 368 g/mol. The van der Waals surface area contributed by atoms with Crippen molar-refractivity contribution >= 4 is 34.6 Å². The Bertz CT molecular complexity index is 698. The molecule has 2 heterocycles. The molecule has 1 aromatic carbocycles. The van der Waals surface area contributed by atoms with Crippen LogP contribution in [-0.2, 0) is 4.79 Å². The van der Waals surface area contributed by atoms with Crippen LogP contribution in [0.15, 0.2) is 18.2 Å². The number of rotatable bonds is 6. The number of hydrogen-bond acceptors (Lipinski definition) is 3. The van der Waals surface area contributed by atoms with Crippen molar-refractivity contribution in [2.75, 3.05) is 42.9 Å². The molecule has 6 heteroatoms. The highest BCUT2D eigenvalue weighted by molar-refractivity contribution is 7.80. The average molecular weight is 403 g/mol. The first-order valence-electron chi connectivity index (χ1n) is 10.6. The highest BCUT2D eigenvalue weighted by atomic mass is 32.1. The van der Waals surface area contributed by atoms with Crippen molar-refractivity contribution in [3.05, 3.63) is 23.8 Å². The fraction of sp³-hybridized carbons (Fsp3) is 0.636. The lowest BCUT2D eigenvalue weighted by atomic mass is 9.92. The van der Waals surface area contributed by atoms with E-state index in [0.29, 0.717) is 11.5 Å². The zero-order valence-corrected chi connectivity index (χ0v) is 18.3. The fourth-order valence-corrected chi connectivity index (χ4v) is 4.81. The van der Waals surface area contributed by atoms with Crippen LogP contribution in [-0.4, -0.2) is 48.6 Å². The minimum absolute atomic E-state index is 0.221. The minimum atomic E-state index is 0.221. The van der Waals surface area contributed by atoms with Crippen LogP contribution >= 0.6 is 12.2 Å². The molecule has 0 spiro atoms. The van der Waals surface area contributed by atoms with E-state index in [1.165, 1.54) is 19.5 Å².